The Hall–Kier alpha value is -7.39. The fourth-order valence-corrected chi connectivity index (χ4v) is 10.0. The standard InChI is InChI=1S/C53H32N4S/c54-33-34-22-24-37(25-23-34)41-16-11-19-46-49(41)42-32-40(30-31-43(42)53(46)44-17-7-9-20-47(44)58-48-21-10-8-18-45(48)53)52-56-50(38-14-5-2-6-15-38)55-51(57-52)39-28-26-36(27-29-39)35-12-3-1-4-13-35/h1-32H. The van der Waals surface area contributed by atoms with Crippen molar-refractivity contribution >= 4 is 11.8 Å². The van der Waals surface area contributed by atoms with E-state index in [9.17, 15) is 5.26 Å². The van der Waals surface area contributed by atoms with Crippen molar-refractivity contribution in [1.82, 2.24) is 15.0 Å². The van der Waals surface area contributed by atoms with Gasteiger partial charge >= 0.3 is 0 Å². The van der Waals surface area contributed by atoms with E-state index in [1.807, 2.05) is 60.3 Å². The average molecular weight is 757 g/mol. The SMILES string of the molecule is N#Cc1ccc(-c2cccc3c2-c2cc(-c4nc(-c5ccccc5)nc(-c5ccc(-c6ccccc6)cc5)n4)ccc2C32c3ccccc3Sc3ccccc32)cc1. The zero-order chi connectivity index (χ0) is 38.6. The van der Waals surface area contributed by atoms with Gasteiger partial charge in [0.05, 0.1) is 17.0 Å². The van der Waals surface area contributed by atoms with Gasteiger partial charge in [0.25, 0.3) is 0 Å². The second-order valence-electron chi connectivity index (χ2n) is 14.6. The Kier molecular flexibility index (Phi) is 7.99. The summed E-state index contributed by atoms with van der Waals surface area (Å²) < 4.78 is 0. The summed E-state index contributed by atoms with van der Waals surface area (Å²) >= 11 is 1.84. The number of hydrogen-bond acceptors (Lipinski definition) is 5. The van der Waals surface area contributed by atoms with Gasteiger partial charge in [0.2, 0.25) is 0 Å². The summed E-state index contributed by atoms with van der Waals surface area (Å²) in [6.45, 7) is 0. The Morgan fingerprint density at radius 1 is 0.379 bits per heavy atom. The third-order valence-electron chi connectivity index (χ3n) is 11.5. The lowest BCUT2D eigenvalue weighted by Gasteiger charge is -2.39. The molecular weight excluding hydrogens is 725 g/mol. The Balaban J connectivity index is 1.15. The molecule has 11 rings (SSSR count). The maximum absolute atomic E-state index is 9.65. The molecule has 0 saturated heterocycles. The normalized spacial score (nSPS) is 12.9. The molecule has 1 aliphatic heterocycles. The molecule has 2 heterocycles. The molecule has 0 amide bonds. The van der Waals surface area contributed by atoms with Crippen LogP contribution in [0.2, 0.25) is 0 Å². The maximum atomic E-state index is 9.65. The van der Waals surface area contributed by atoms with E-state index in [0.717, 1.165) is 44.5 Å². The van der Waals surface area contributed by atoms with E-state index in [2.05, 4.69) is 152 Å². The Labute approximate surface area is 341 Å². The predicted octanol–water partition coefficient (Wildman–Crippen LogP) is 12.9. The van der Waals surface area contributed by atoms with Crippen LogP contribution in [0.4, 0.5) is 0 Å². The summed E-state index contributed by atoms with van der Waals surface area (Å²) in [4.78, 5) is 17.9. The van der Waals surface area contributed by atoms with Crippen molar-refractivity contribution in [1.29, 1.82) is 5.26 Å². The molecule has 58 heavy (non-hydrogen) atoms. The molecule has 1 aromatic heterocycles. The summed E-state index contributed by atoms with van der Waals surface area (Å²) in [5.41, 5.74) is 14.6. The summed E-state index contributed by atoms with van der Waals surface area (Å²) in [5.74, 6) is 1.85. The van der Waals surface area contributed by atoms with Gasteiger partial charge in [-0.05, 0) is 86.0 Å². The number of hydrogen-bond donors (Lipinski definition) is 0. The first-order chi connectivity index (χ1) is 28.7. The molecule has 0 unspecified atom stereocenters. The second-order valence-corrected chi connectivity index (χ2v) is 15.7. The van der Waals surface area contributed by atoms with Crippen LogP contribution in [-0.2, 0) is 5.41 Å². The first-order valence-corrected chi connectivity index (χ1v) is 20.1. The smallest absolute Gasteiger partial charge is 0.164 e. The van der Waals surface area contributed by atoms with E-state index >= 15 is 0 Å². The third kappa shape index (κ3) is 5.34. The summed E-state index contributed by atoms with van der Waals surface area (Å²) in [5, 5.41) is 9.65. The van der Waals surface area contributed by atoms with Gasteiger partial charge in [0.15, 0.2) is 17.5 Å². The van der Waals surface area contributed by atoms with Crippen molar-refractivity contribution in [2.75, 3.05) is 0 Å². The Morgan fingerprint density at radius 2 is 0.862 bits per heavy atom. The van der Waals surface area contributed by atoms with E-state index in [-0.39, 0.29) is 0 Å². The number of nitrogens with zero attached hydrogens (tertiary/aromatic N) is 4. The van der Waals surface area contributed by atoms with Gasteiger partial charge in [0.1, 0.15) is 0 Å². The molecule has 0 saturated carbocycles. The second kappa shape index (κ2) is 13.7. The monoisotopic (exact) mass is 756 g/mol. The molecular formula is C53H32N4S. The van der Waals surface area contributed by atoms with Crippen molar-refractivity contribution in [2.24, 2.45) is 0 Å². The predicted molar refractivity (Wildman–Crippen MR) is 233 cm³/mol. The summed E-state index contributed by atoms with van der Waals surface area (Å²) in [7, 11) is 0. The number of fused-ring (bicyclic) bond motifs is 9. The van der Waals surface area contributed by atoms with Crippen LogP contribution in [0.5, 0.6) is 0 Å². The van der Waals surface area contributed by atoms with E-state index in [1.54, 1.807) is 0 Å². The molecule has 8 aromatic carbocycles. The number of rotatable bonds is 5. The zero-order valence-corrected chi connectivity index (χ0v) is 32.0. The van der Waals surface area contributed by atoms with Crippen LogP contribution >= 0.6 is 11.8 Å². The number of benzene rings is 8. The summed E-state index contributed by atoms with van der Waals surface area (Å²) in [6.07, 6.45) is 0. The van der Waals surface area contributed by atoms with Crippen molar-refractivity contribution in [3.05, 3.63) is 222 Å². The molecule has 9 aromatic rings. The van der Waals surface area contributed by atoms with E-state index in [0.29, 0.717) is 23.0 Å². The highest BCUT2D eigenvalue weighted by atomic mass is 32.2. The molecule has 0 bridgehead atoms. The molecule has 0 N–H and O–H groups in total. The van der Waals surface area contributed by atoms with E-state index in [1.165, 1.54) is 37.6 Å². The van der Waals surface area contributed by atoms with Gasteiger partial charge in [-0.15, -0.1) is 0 Å². The minimum absolute atomic E-state index is 0.551. The molecule has 270 valence electrons. The van der Waals surface area contributed by atoms with Crippen LogP contribution in [0.25, 0.3) is 67.5 Å². The van der Waals surface area contributed by atoms with Crippen LogP contribution in [0.15, 0.2) is 204 Å². The van der Waals surface area contributed by atoms with Gasteiger partial charge in [-0.3, -0.25) is 0 Å². The molecule has 1 spiro atoms. The third-order valence-corrected chi connectivity index (χ3v) is 12.6. The number of nitriles is 1. The van der Waals surface area contributed by atoms with Gasteiger partial charge in [-0.25, -0.2) is 15.0 Å². The minimum Gasteiger partial charge on any atom is -0.208 e. The molecule has 2 aliphatic rings. The van der Waals surface area contributed by atoms with Crippen LogP contribution < -0.4 is 0 Å². The minimum atomic E-state index is -0.551. The van der Waals surface area contributed by atoms with Crippen LogP contribution in [0, 0.1) is 11.3 Å². The van der Waals surface area contributed by atoms with Crippen molar-refractivity contribution in [3.8, 4) is 73.6 Å². The highest BCUT2D eigenvalue weighted by Gasteiger charge is 2.50. The fraction of sp³-hybridized carbons (Fsp3) is 0.0189. The zero-order valence-electron chi connectivity index (χ0n) is 31.2. The highest BCUT2D eigenvalue weighted by molar-refractivity contribution is 7.99. The molecule has 0 atom stereocenters. The topological polar surface area (TPSA) is 62.5 Å². The van der Waals surface area contributed by atoms with Gasteiger partial charge in [0, 0.05) is 26.5 Å². The molecule has 1 aliphatic carbocycles. The van der Waals surface area contributed by atoms with Crippen LogP contribution in [0.3, 0.4) is 0 Å². The van der Waals surface area contributed by atoms with Crippen molar-refractivity contribution in [3.63, 3.8) is 0 Å². The largest absolute Gasteiger partial charge is 0.208 e. The Morgan fingerprint density at radius 3 is 1.50 bits per heavy atom. The lowest BCUT2D eigenvalue weighted by molar-refractivity contribution is 0.722. The highest BCUT2D eigenvalue weighted by Crippen LogP contribution is 2.63. The lowest BCUT2D eigenvalue weighted by atomic mass is 9.67. The van der Waals surface area contributed by atoms with Crippen LogP contribution in [0.1, 0.15) is 27.8 Å². The maximum Gasteiger partial charge on any atom is 0.164 e. The molecule has 4 nitrogen and oxygen atoms in total. The Bertz CT molecular complexity index is 3030. The molecule has 5 heteroatoms. The molecule has 0 fully saturated rings. The van der Waals surface area contributed by atoms with Crippen molar-refractivity contribution in [2.45, 2.75) is 15.2 Å². The fourth-order valence-electron chi connectivity index (χ4n) is 8.85. The van der Waals surface area contributed by atoms with E-state index < -0.39 is 5.41 Å². The summed E-state index contributed by atoms with van der Waals surface area (Å²) in [6, 6.07) is 70.4. The van der Waals surface area contributed by atoms with Crippen molar-refractivity contribution < 1.29 is 0 Å². The first kappa shape index (κ1) is 33.9. The number of aromatic nitrogens is 3. The van der Waals surface area contributed by atoms with Crippen LogP contribution in [-0.4, -0.2) is 15.0 Å². The van der Waals surface area contributed by atoms with Gasteiger partial charge in [-0.2, -0.15) is 5.26 Å². The average Bonchev–Trinajstić information content (AvgIpc) is 3.59. The first-order valence-electron chi connectivity index (χ1n) is 19.3. The quantitative estimate of drug-likeness (QED) is 0.175. The van der Waals surface area contributed by atoms with Gasteiger partial charge < -0.3 is 0 Å². The molecule has 0 radical (unpaired) electrons. The van der Waals surface area contributed by atoms with E-state index in [4.69, 9.17) is 15.0 Å². The lowest BCUT2D eigenvalue weighted by Crippen LogP contribution is -2.31. The van der Waals surface area contributed by atoms with Gasteiger partial charge in [-0.1, -0.05) is 176 Å².